The molecule has 2 heteroatoms. The lowest BCUT2D eigenvalue weighted by Crippen LogP contribution is -2.38. The summed E-state index contributed by atoms with van der Waals surface area (Å²) >= 11 is 0. The summed E-state index contributed by atoms with van der Waals surface area (Å²) in [5, 5.41) is 0. The van der Waals surface area contributed by atoms with Crippen LogP contribution in [-0.2, 0) is 0 Å². The highest BCUT2D eigenvalue weighted by molar-refractivity contribution is 4.72. The van der Waals surface area contributed by atoms with Crippen molar-refractivity contribution >= 4 is 0 Å². The summed E-state index contributed by atoms with van der Waals surface area (Å²) in [5.41, 5.74) is 5.63. The fourth-order valence-electron chi connectivity index (χ4n) is 1.86. The van der Waals surface area contributed by atoms with Gasteiger partial charge in [0.1, 0.15) is 0 Å². The average Bonchev–Trinajstić information content (AvgIpc) is 2.06. The first-order chi connectivity index (χ1) is 5.36. The van der Waals surface area contributed by atoms with Crippen LogP contribution >= 0.6 is 0 Å². The molecule has 1 atom stereocenters. The number of hydrogen-bond donors (Lipinski definition) is 1. The Bertz CT molecular complexity index is 102. The van der Waals surface area contributed by atoms with Crippen LogP contribution in [0.5, 0.6) is 0 Å². The molecule has 0 aliphatic carbocycles. The molecule has 2 nitrogen and oxygen atoms in total. The van der Waals surface area contributed by atoms with Crippen LogP contribution in [0.25, 0.3) is 0 Å². The molecule has 1 fully saturated rings. The molecule has 2 N–H and O–H groups in total. The highest BCUT2D eigenvalue weighted by Crippen LogP contribution is 2.14. The summed E-state index contributed by atoms with van der Waals surface area (Å²) in [6.45, 7) is 6.91. The smallest absolute Gasteiger partial charge is 0.00217 e. The number of nitrogens with two attached hydrogens (primary N) is 1. The number of rotatable bonds is 3. The molecular weight excluding hydrogens is 136 g/mol. The standard InChI is InChI=1S/C9H20N2/c1-2-5-11-6-3-4-9(7-10)8-11/h9H,2-8,10H2,1H3/t9-/m1/s1. The lowest BCUT2D eigenvalue weighted by Gasteiger charge is -2.31. The molecule has 1 aliphatic heterocycles. The summed E-state index contributed by atoms with van der Waals surface area (Å²) < 4.78 is 0. The Kier molecular flexibility index (Phi) is 3.87. The first-order valence-electron chi connectivity index (χ1n) is 4.79. The molecule has 1 aliphatic rings. The third kappa shape index (κ3) is 2.80. The summed E-state index contributed by atoms with van der Waals surface area (Å²) in [7, 11) is 0. The zero-order chi connectivity index (χ0) is 8.10. The molecule has 0 aromatic rings. The van der Waals surface area contributed by atoms with Crippen molar-refractivity contribution in [1.29, 1.82) is 0 Å². The van der Waals surface area contributed by atoms with Crippen LogP contribution in [0.4, 0.5) is 0 Å². The van der Waals surface area contributed by atoms with E-state index in [0.29, 0.717) is 0 Å². The zero-order valence-electron chi connectivity index (χ0n) is 7.55. The van der Waals surface area contributed by atoms with Crippen molar-refractivity contribution in [2.45, 2.75) is 26.2 Å². The van der Waals surface area contributed by atoms with Gasteiger partial charge in [-0.25, -0.2) is 0 Å². The quantitative estimate of drug-likeness (QED) is 0.662. The van der Waals surface area contributed by atoms with E-state index in [1.807, 2.05) is 0 Å². The van der Waals surface area contributed by atoms with Gasteiger partial charge in [0.15, 0.2) is 0 Å². The summed E-state index contributed by atoms with van der Waals surface area (Å²) in [6, 6.07) is 0. The minimum Gasteiger partial charge on any atom is -0.330 e. The predicted octanol–water partition coefficient (Wildman–Crippen LogP) is 1.07. The molecule has 0 aromatic heterocycles. The highest BCUT2D eigenvalue weighted by Gasteiger charge is 2.17. The van der Waals surface area contributed by atoms with Crippen LogP contribution in [0.3, 0.4) is 0 Å². The highest BCUT2D eigenvalue weighted by atomic mass is 15.1. The van der Waals surface area contributed by atoms with Gasteiger partial charge in [0.2, 0.25) is 0 Å². The van der Waals surface area contributed by atoms with Gasteiger partial charge in [-0.1, -0.05) is 6.92 Å². The van der Waals surface area contributed by atoms with Gasteiger partial charge in [0.25, 0.3) is 0 Å². The van der Waals surface area contributed by atoms with Gasteiger partial charge in [0, 0.05) is 6.54 Å². The molecule has 0 saturated carbocycles. The van der Waals surface area contributed by atoms with E-state index in [0.717, 1.165) is 12.5 Å². The van der Waals surface area contributed by atoms with E-state index in [1.165, 1.54) is 38.9 Å². The third-order valence-corrected chi connectivity index (χ3v) is 2.48. The molecule has 11 heavy (non-hydrogen) atoms. The molecule has 1 saturated heterocycles. The van der Waals surface area contributed by atoms with Crippen molar-refractivity contribution in [2.75, 3.05) is 26.2 Å². The van der Waals surface area contributed by atoms with Gasteiger partial charge in [-0.2, -0.15) is 0 Å². The Morgan fingerprint density at radius 3 is 3.00 bits per heavy atom. The number of hydrogen-bond acceptors (Lipinski definition) is 2. The maximum absolute atomic E-state index is 5.63. The lowest BCUT2D eigenvalue weighted by molar-refractivity contribution is 0.178. The second-order valence-corrected chi connectivity index (χ2v) is 3.54. The SMILES string of the molecule is CCCN1CCC[C@H](CN)C1. The van der Waals surface area contributed by atoms with E-state index in [-0.39, 0.29) is 0 Å². The van der Waals surface area contributed by atoms with E-state index in [2.05, 4.69) is 11.8 Å². The first kappa shape index (κ1) is 9.01. The molecule has 0 amide bonds. The Balaban J connectivity index is 2.21. The van der Waals surface area contributed by atoms with Gasteiger partial charge >= 0.3 is 0 Å². The van der Waals surface area contributed by atoms with Crippen LogP contribution in [0.2, 0.25) is 0 Å². The summed E-state index contributed by atoms with van der Waals surface area (Å²) in [4.78, 5) is 2.54. The molecule has 0 radical (unpaired) electrons. The first-order valence-corrected chi connectivity index (χ1v) is 4.79. The second-order valence-electron chi connectivity index (χ2n) is 3.54. The molecule has 1 heterocycles. The maximum atomic E-state index is 5.63. The van der Waals surface area contributed by atoms with E-state index in [9.17, 15) is 0 Å². The van der Waals surface area contributed by atoms with Gasteiger partial charge in [-0.3, -0.25) is 0 Å². The maximum Gasteiger partial charge on any atom is 0.00217 e. The largest absolute Gasteiger partial charge is 0.330 e. The van der Waals surface area contributed by atoms with Gasteiger partial charge < -0.3 is 10.6 Å². The number of piperidine rings is 1. The van der Waals surface area contributed by atoms with E-state index < -0.39 is 0 Å². The molecule has 66 valence electrons. The normalized spacial score (nSPS) is 27.3. The Hall–Kier alpha value is -0.0800. The Morgan fingerprint density at radius 1 is 1.55 bits per heavy atom. The summed E-state index contributed by atoms with van der Waals surface area (Å²) in [6.07, 6.45) is 3.97. The van der Waals surface area contributed by atoms with Crippen molar-refractivity contribution in [1.82, 2.24) is 4.90 Å². The molecular formula is C9H20N2. The molecule has 0 unspecified atom stereocenters. The number of nitrogens with zero attached hydrogens (tertiary/aromatic N) is 1. The molecule has 1 rings (SSSR count). The van der Waals surface area contributed by atoms with Crippen LogP contribution in [0.1, 0.15) is 26.2 Å². The van der Waals surface area contributed by atoms with Crippen LogP contribution in [0.15, 0.2) is 0 Å². The van der Waals surface area contributed by atoms with Gasteiger partial charge in [0.05, 0.1) is 0 Å². The van der Waals surface area contributed by atoms with Crippen LogP contribution in [0, 0.1) is 5.92 Å². The molecule has 0 bridgehead atoms. The van der Waals surface area contributed by atoms with Crippen LogP contribution < -0.4 is 5.73 Å². The average molecular weight is 156 g/mol. The van der Waals surface area contributed by atoms with Crippen molar-refractivity contribution in [3.63, 3.8) is 0 Å². The fraction of sp³-hybridized carbons (Fsp3) is 1.00. The number of likely N-dealkylation sites (tertiary alicyclic amines) is 1. The monoisotopic (exact) mass is 156 g/mol. The van der Waals surface area contributed by atoms with Crippen molar-refractivity contribution in [3.05, 3.63) is 0 Å². The summed E-state index contributed by atoms with van der Waals surface area (Å²) in [5.74, 6) is 0.773. The van der Waals surface area contributed by atoms with Gasteiger partial charge in [-0.15, -0.1) is 0 Å². The molecule has 0 spiro atoms. The molecule has 0 aromatic carbocycles. The zero-order valence-corrected chi connectivity index (χ0v) is 7.55. The van der Waals surface area contributed by atoms with Crippen molar-refractivity contribution < 1.29 is 0 Å². The topological polar surface area (TPSA) is 29.3 Å². The predicted molar refractivity (Wildman–Crippen MR) is 48.5 cm³/mol. The Morgan fingerprint density at radius 2 is 2.36 bits per heavy atom. The van der Waals surface area contributed by atoms with Crippen LogP contribution in [-0.4, -0.2) is 31.1 Å². The van der Waals surface area contributed by atoms with Gasteiger partial charge in [-0.05, 0) is 44.8 Å². The minimum absolute atomic E-state index is 0.773. The van der Waals surface area contributed by atoms with Crippen molar-refractivity contribution in [2.24, 2.45) is 11.7 Å². The lowest BCUT2D eigenvalue weighted by atomic mass is 9.98. The van der Waals surface area contributed by atoms with E-state index in [4.69, 9.17) is 5.73 Å². The Labute approximate surface area is 69.8 Å². The third-order valence-electron chi connectivity index (χ3n) is 2.48. The van der Waals surface area contributed by atoms with E-state index >= 15 is 0 Å². The van der Waals surface area contributed by atoms with E-state index in [1.54, 1.807) is 0 Å². The second kappa shape index (κ2) is 4.73. The van der Waals surface area contributed by atoms with Crippen molar-refractivity contribution in [3.8, 4) is 0 Å². The fourth-order valence-corrected chi connectivity index (χ4v) is 1.86. The minimum atomic E-state index is 0.773.